The standard InChI is InChI=1S/C27H27N5O2/c28-18-20-9-11-22(12-10-20)30-27(34)31-23-13-14-25(32-15-5-2-6-16-32)24(17-23)26(33)29-19-21-7-3-1-4-8-21/h1,3-4,7-14,17H,2,5-6,15-16,19H2,(H,29,33)(H2,30,31,34). The fourth-order valence-electron chi connectivity index (χ4n) is 4.00. The zero-order chi connectivity index (χ0) is 23.8. The van der Waals surface area contributed by atoms with Crippen molar-refractivity contribution in [2.75, 3.05) is 28.6 Å². The van der Waals surface area contributed by atoms with Crippen molar-refractivity contribution in [3.63, 3.8) is 0 Å². The Labute approximate surface area is 199 Å². The number of nitrogens with one attached hydrogen (secondary N) is 3. The van der Waals surface area contributed by atoms with Crippen molar-refractivity contribution in [2.45, 2.75) is 25.8 Å². The van der Waals surface area contributed by atoms with Crippen molar-refractivity contribution in [2.24, 2.45) is 0 Å². The van der Waals surface area contributed by atoms with Crippen LogP contribution in [0.3, 0.4) is 0 Å². The van der Waals surface area contributed by atoms with E-state index in [1.807, 2.05) is 48.5 Å². The fraction of sp³-hybridized carbons (Fsp3) is 0.222. The predicted octanol–water partition coefficient (Wildman–Crippen LogP) is 5.12. The van der Waals surface area contributed by atoms with Crippen LogP contribution in [-0.4, -0.2) is 25.0 Å². The summed E-state index contributed by atoms with van der Waals surface area (Å²) >= 11 is 0. The number of piperidine rings is 1. The van der Waals surface area contributed by atoms with Gasteiger partial charge in [-0.1, -0.05) is 30.3 Å². The molecule has 0 radical (unpaired) electrons. The molecule has 0 saturated carbocycles. The van der Waals surface area contributed by atoms with Gasteiger partial charge in [0, 0.05) is 36.7 Å². The molecule has 172 valence electrons. The molecule has 0 bridgehead atoms. The van der Waals surface area contributed by atoms with Crippen molar-refractivity contribution < 1.29 is 9.59 Å². The summed E-state index contributed by atoms with van der Waals surface area (Å²) in [6, 6.07) is 23.4. The Hall–Kier alpha value is -4.31. The van der Waals surface area contributed by atoms with E-state index in [-0.39, 0.29) is 5.91 Å². The molecule has 0 atom stereocenters. The number of carbonyl (C=O) groups excluding carboxylic acids is 2. The number of nitriles is 1. The molecule has 1 heterocycles. The monoisotopic (exact) mass is 453 g/mol. The van der Waals surface area contributed by atoms with Crippen LogP contribution in [0.15, 0.2) is 72.8 Å². The number of hydrogen-bond acceptors (Lipinski definition) is 4. The SMILES string of the molecule is N#Cc1ccc(NC(=O)Nc2ccc(N3CCCCC3)c(C(=O)NCc3ccccc3)c2)cc1. The van der Waals surface area contributed by atoms with Gasteiger partial charge < -0.3 is 20.9 Å². The largest absolute Gasteiger partial charge is 0.371 e. The van der Waals surface area contributed by atoms with Crippen LogP contribution in [0.25, 0.3) is 0 Å². The molecule has 3 aromatic rings. The van der Waals surface area contributed by atoms with E-state index in [2.05, 4.69) is 20.9 Å². The number of urea groups is 1. The second-order valence-electron chi connectivity index (χ2n) is 8.22. The first-order valence-electron chi connectivity index (χ1n) is 11.4. The van der Waals surface area contributed by atoms with E-state index in [1.54, 1.807) is 30.3 Å². The number of benzene rings is 3. The van der Waals surface area contributed by atoms with Crippen LogP contribution in [0.4, 0.5) is 21.9 Å². The molecule has 0 spiro atoms. The van der Waals surface area contributed by atoms with Crippen LogP contribution in [0.5, 0.6) is 0 Å². The van der Waals surface area contributed by atoms with E-state index in [0.717, 1.165) is 37.2 Å². The lowest BCUT2D eigenvalue weighted by Gasteiger charge is -2.30. The molecule has 1 fully saturated rings. The maximum atomic E-state index is 13.2. The lowest BCUT2D eigenvalue weighted by Crippen LogP contribution is -2.33. The molecule has 3 aromatic carbocycles. The zero-order valence-corrected chi connectivity index (χ0v) is 18.9. The summed E-state index contributed by atoms with van der Waals surface area (Å²) in [5.41, 5.74) is 4.05. The van der Waals surface area contributed by atoms with Gasteiger partial charge in [-0.05, 0) is 67.3 Å². The summed E-state index contributed by atoms with van der Waals surface area (Å²) in [6.07, 6.45) is 3.39. The molecule has 1 aliphatic rings. The Kier molecular flexibility index (Phi) is 7.41. The van der Waals surface area contributed by atoms with Gasteiger partial charge >= 0.3 is 6.03 Å². The normalized spacial score (nSPS) is 13.0. The van der Waals surface area contributed by atoms with Crippen LogP contribution in [-0.2, 0) is 6.54 Å². The molecular formula is C27H27N5O2. The van der Waals surface area contributed by atoms with Crippen molar-refractivity contribution in [1.29, 1.82) is 5.26 Å². The van der Waals surface area contributed by atoms with E-state index < -0.39 is 6.03 Å². The van der Waals surface area contributed by atoms with Crippen LogP contribution in [0.1, 0.15) is 40.7 Å². The minimum atomic E-state index is -0.425. The maximum Gasteiger partial charge on any atom is 0.323 e. The van der Waals surface area contributed by atoms with Gasteiger partial charge in [-0.3, -0.25) is 4.79 Å². The number of carbonyl (C=O) groups is 2. The highest BCUT2D eigenvalue weighted by Crippen LogP contribution is 2.27. The van der Waals surface area contributed by atoms with Gasteiger partial charge in [0.1, 0.15) is 0 Å². The average Bonchev–Trinajstić information content (AvgIpc) is 2.89. The van der Waals surface area contributed by atoms with E-state index in [0.29, 0.717) is 29.0 Å². The van der Waals surface area contributed by atoms with Gasteiger partial charge in [-0.2, -0.15) is 5.26 Å². The van der Waals surface area contributed by atoms with E-state index in [4.69, 9.17) is 5.26 Å². The third kappa shape index (κ3) is 5.93. The number of rotatable bonds is 6. The quantitative estimate of drug-likeness (QED) is 0.482. The minimum Gasteiger partial charge on any atom is -0.371 e. The lowest BCUT2D eigenvalue weighted by molar-refractivity contribution is 0.0951. The Morgan fingerprint density at radius 3 is 2.24 bits per heavy atom. The highest BCUT2D eigenvalue weighted by Gasteiger charge is 2.20. The molecule has 1 aliphatic heterocycles. The second kappa shape index (κ2) is 11.0. The molecule has 7 nitrogen and oxygen atoms in total. The van der Waals surface area contributed by atoms with Gasteiger partial charge in [-0.25, -0.2) is 4.79 Å². The molecule has 1 saturated heterocycles. The third-order valence-electron chi connectivity index (χ3n) is 5.76. The molecule has 34 heavy (non-hydrogen) atoms. The fourth-order valence-corrected chi connectivity index (χ4v) is 4.00. The summed E-state index contributed by atoms with van der Waals surface area (Å²) in [7, 11) is 0. The van der Waals surface area contributed by atoms with E-state index >= 15 is 0 Å². The van der Waals surface area contributed by atoms with Gasteiger partial charge in [-0.15, -0.1) is 0 Å². The molecule has 0 unspecified atom stereocenters. The number of hydrogen-bond donors (Lipinski definition) is 3. The van der Waals surface area contributed by atoms with Gasteiger partial charge in [0.05, 0.1) is 17.2 Å². The Balaban J connectivity index is 1.50. The van der Waals surface area contributed by atoms with E-state index in [1.165, 1.54) is 6.42 Å². The maximum absolute atomic E-state index is 13.2. The molecule has 7 heteroatoms. The lowest BCUT2D eigenvalue weighted by atomic mass is 10.1. The Morgan fingerprint density at radius 2 is 1.53 bits per heavy atom. The number of nitrogens with zero attached hydrogens (tertiary/aromatic N) is 2. The molecule has 4 rings (SSSR count). The first kappa shape index (κ1) is 22.9. The van der Waals surface area contributed by atoms with E-state index in [9.17, 15) is 9.59 Å². The third-order valence-corrected chi connectivity index (χ3v) is 5.76. The molecular weight excluding hydrogens is 426 g/mol. The van der Waals surface area contributed by atoms with Crippen LogP contribution >= 0.6 is 0 Å². The topological polar surface area (TPSA) is 97.3 Å². The van der Waals surface area contributed by atoms with Crippen LogP contribution in [0.2, 0.25) is 0 Å². The highest BCUT2D eigenvalue weighted by molar-refractivity contribution is 6.04. The summed E-state index contributed by atoms with van der Waals surface area (Å²) in [4.78, 5) is 27.9. The summed E-state index contributed by atoms with van der Waals surface area (Å²) in [5, 5.41) is 17.5. The van der Waals surface area contributed by atoms with Crippen molar-refractivity contribution in [3.05, 3.63) is 89.5 Å². The van der Waals surface area contributed by atoms with Gasteiger partial charge in [0.15, 0.2) is 0 Å². The first-order chi connectivity index (χ1) is 16.6. The van der Waals surface area contributed by atoms with Gasteiger partial charge in [0.25, 0.3) is 5.91 Å². The average molecular weight is 454 g/mol. The molecule has 3 amide bonds. The predicted molar refractivity (Wildman–Crippen MR) is 134 cm³/mol. The Morgan fingerprint density at radius 1 is 0.853 bits per heavy atom. The Bertz CT molecular complexity index is 1180. The van der Waals surface area contributed by atoms with Crippen molar-refractivity contribution in [3.8, 4) is 6.07 Å². The highest BCUT2D eigenvalue weighted by atomic mass is 16.2. The zero-order valence-electron chi connectivity index (χ0n) is 18.9. The minimum absolute atomic E-state index is 0.180. The summed E-state index contributed by atoms with van der Waals surface area (Å²) in [5.74, 6) is -0.180. The van der Waals surface area contributed by atoms with Crippen molar-refractivity contribution in [1.82, 2.24) is 5.32 Å². The summed E-state index contributed by atoms with van der Waals surface area (Å²) in [6.45, 7) is 2.24. The number of amides is 3. The summed E-state index contributed by atoms with van der Waals surface area (Å²) < 4.78 is 0. The van der Waals surface area contributed by atoms with Gasteiger partial charge in [0.2, 0.25) is 0 Å². The molecule has 0 aromatic heterocycles. The first-order valence-corrected chi connectivity index (χ1v) is 11.4. The van der Waals surface area contributed by atoms with Crippen LogP contribution in [0, 0.1) is 11.3 Å². The number of anilines is 3. The van der Waals surface area contributed by atoms with Crippen LogP contribution < -0.4 is 20.9 Å². The second-order valence-corrected chi connectivity index (χ2v) is 8.22. The molecule has 0 aliphatic carbocycles. The smallest absolute Gasteiger partial charge is 0.323 e. The molecule has 3 N–H and O–H groups in total. The van der Waals surface area contributed by atoms with Crippen molar-refractivity contribution >= 4 is 29.0 Å².